The number of nitrogen functional groups attached to an aromatic ring is 1. The molecule has 1 aromatic rings. The number of rotatable bonds is 2. The van der Waals surface area contributed by atoms with E-state index >= 15 is 0 Å². The van der Waals surface area contributed by atoms with Crippen LogP contribution in [0.1, 0.15) is 38.7 Å². The number of anilines is 1. The van der Waals surface area contributed by atoms with E-state index in [9.17, 15) is 0 Å². The van der Waals surface area contributed by atoms with Gasteiger partial charge in [0.25, 0.3) is 0 Å². The number of halogens is 1. The zero-order valence-electron chi connectivity index (χ0n) is 10.6. The maximum absolute atomic E-state index is 6.03. The van der Waals surface area contributed by atoms with E-state index in [-0.39, 0.29) is 0 Å². The molecule has 1 aliphatic heterocycles. The van der Waals surface area contributed by atoms with E-state index in [1.165, 1.54) is 19.3 Å². The van der Waals surface area contributed by atoms with Crippen LogP contribution in [0, 0.1) is 0 Å². The molecule has 1 heterocycles. The van der Waals surface area contributed by atoms with Crippen molar-refractivity contribution in [3.05, 3.63) is 28.8 Å². The van der Waals surface area contributed by atoms with Crippen LogP contribution in [0.5, 0.6) is 0 Å². The fourth-order valence-electron chi connectivity index (χ4n) is 2.69. The average Bonchev–Trinajstić information content (AvgIpc) is 2.28. The summed E-state index contributed by atoms with van der Waals surface area (Å²) < 4.78 is 0. The molecule has 0 unspecified atom stereocenters. The van der Waals surface area contributed by atoms with Gasteiger partial charge in [0.05, 0.1) is 0 Å². The molecule has 1 aromatic carbocycles. The molecule has 0 bridgehead atoms. The van der Waals surface area contributed by atoms with Crippen LogP contribution < -0.4 is 5.73 Å². The summed E-state index contributed by atoms with van der Waals surface area (Å²) in [4.78, 5) is 2.53. The van der Waals surface area contributed by atoms with Gasteiger partial charge in [0, 0.05) is 29.3 Å². The predicted octanol–water partition coefficient (Wildman–Crippen LogP) is 3.69. The summed E-state index contributed by atoms with van der Waals surface area (Å²) in [5, 5.41) is 0.770. The van der Waals surface area contributed by atoms with E-state index in [2.05, 4.69) is 18.7 Å². The third kappa shape index (κ3) is 2.93. The molecule has 2 atom stereocenters. The van der Waals surface area contributed by atoms with E-state index < -0.39 is 0 Å². The average molecular weight is 253 g/mol. The van der Waals surface area contributed by atoms with Crippen LogP contribution in [-0.2, 0) is 6.54 Å². The van der Waals surface area contributed by atoms with Gasteiger partial charge in [-0.2, -0.15) is 0 Å². The smallest absolute Gasteiger partial charge is 0.0410 e. The molecule has 94 valence electrons. The lowest BCUT2D eigenvalue weighted by Crippen LogP contribution is -2.43. The molecule has 2 N–H and O–H groups in total. The molecular weight excluding hydrogens is 232 g/mol. The number of likely N-dealkylation sites (tertiary alicyclic amines) is 1. The molecule has 1 aliphatic rings. The summed E-state index contributed by atoms with van der Waals surface area (Å²) in [5.41, 5.74) is 8.01. The lowest BCUT2D eigenvalue weighted by atomic mass is 9.96. The topological polar surface area (TPSA) is 29.3 Å². The van der Waals surface area contributed by atoms with Gasteiger partial charge < -0.3 is 5.73 Å². The summed E-state index contributed by atoms with van der Waals surface area (Å²) in [6.45, 7) is 5.52. The van der Waals surface area contributed by atoms with E-state index in [0.717, 1.165) is 22.8 Å². The van der Waals surface area contributed by atoms with E-state index in [0.29, 0.717) is 12.1 Å². The third-order valence-corrected chi connectivity index (χ3v) is 4.07. The molecule has 0 aliphatic carbocycles. The zero-order valence-corrected chi connectivity index (χ0v) is 11.4. The number of nitrogens with two attached hydrogens (primary N) is 1. The highest BCUT2D eigenvalue weighted by Gasteiger charge is 2.24. The van der Waals surface area contributed by atoms with Gasteiger partial charge in [0.15, 0.2) is 0 Å². The minimum absolute atomic E-state index is 0.636. The number of nitrogens with zero attached hydrogens (tertiary/aromatic N) is 1. The Bertz CT molecular complexity index is 382. The first-order valence-corrected chi connectivity index (χ1v) is 6.75. The highest BCUT2D eigenvalue weighted by Crippen LogP contribution is 2.27. The SMILES string of the molecule is C[C@@H]1CCC[C@H](C)N1Cc1cc(Cl)ccc1N. The van der Waals surface area contributed by atoms with Gasteiger partial charge in [-0.1, -0.05) is 18.0 Å². The standard InChI is InChI=1S/C14H21ClN2/c1-10-4-3-5-11(2)17(10)9-12-8-13(15)6-7-14(12)16/h6-8,10-11H,3-5,9,16H2,1-2H3/t10-,11+. The first-order valence-electron chi connectivity index (χ1n) is 6.37. The van der Waals surface area contributed by atoms with Crippen LogP contribution in [0.4, 0.5) is 5.69 Å². The summed E-state index contributed by atoms with van der Waals surface area (Å²) in [7, 11) is 0. The molecule has 0 saturated carbocycles. The van der Waals surface area contributed by atoms with Crippen LogP contribution in [0.3, 0.4) is 0 Å². The molecule has 0 aromatic heterocycles. The Hall–Kier alpha value is -0.730. The van der Waals surface area contributed by atoms with Crippen LogP contribution in [-0.4, -0.2) is 17.0 Å². The van der Waals surface area contributed by atoms with Gasteiger partial charge in [0.2, 0.25) is 0 Å². The number of hydrogen-bond acceptors (Lipinski definition) is 2. The Morgan fingerprint density at radius 2 is 1.94 bits per heavy atom. The molecule has 0 amide bonds. The lowest BCUT2D eigenvalue weighted by Gasteiger charge is -2.39. The van der Waals surface area contributed by atoms with Crippen molar-refractivity contribution in [1.29, 1.82) is 0 Å². The molecule has 1 saturated heterocycles. The molecule has 17 heavy (non-hydrogen) atoms. The zero-order chi connectivity index (χ0) is 12.4. The third-order valence-electron chi connectivity index (χ3n) is 3.83. The van der Waals surface area contributed by atoms with Crippen molar-refractivity contribution < 1.29 is 0 Å². The van der Waals surface area contributed by atoms with Crippen molar-refractivity contribution in [1.82, 2.24) is 4.90 Å². The second-order valence-corrected chi connectivity index (χ2v) is 5.58. The first kappa shape index (κ1) is 12.7. The van der Waals surface area contributed by atoms with E-state index in [1.807, 2.05) is 18.2 Å². The molecule has 3 heteroatoms. The normalized spacial score (nSPS) is 26.1. The first-order chi connectivity index (χ1) is 8.08. The minimum Gasteiger partial charge on any atom is -0.398 e. The summed E-state index contributed by atoms with van der Waals surface area (Å²) in [6, 6.07) is 7.01. The fraction of sp³-hybridized carbons (Fsp3) is 0.571. The van der Waals surface area contributed by atoms with Crippen molar-refractivity contribution in [3.8, 4) is 0 Å². The van der Waals surface area contributed by atoms with E-state index in [1.54, 1.807) is 0 Å². The lowest BCUT2D eigenvalue weighted by molar-refractivity contribution is 0.0955. The van der Waals surface area contributed by atoms with Gasteiger partial charge in [-0.05, 0) is 50.5 Å². The van der Waals surface area contributed by atoms with E-state index in [4.69, 9.17) is 17.3 Å². The number of benzene rings is 1. The highest BCUT2D eigenvalue weighted by molar-refractivity contribution is 6.30. The molecule has 2 nitrogen and oxygen atoms in total. The number of piperidine rings is 1. The van der Waals surface area contributed by atoms with Crippen molar-refractivity contribution in [2.24, 2.45) is 0 Å². The van der Waals surface area contributed by atoms with Gasteiger partial charge in [0.1, 0.15) is 0 Å². The van der Waals surface area contributed by atoms with Crippen molar-refractivity contribution >= 4 is 17.3 Å². The molecule has 0 radical (unpaired) electrons. The second-order valence-electron chi connectivity index (χ2n) is 5.14. The van der Waals surface area contributed by atoms with Crippen molar-refractivity contribution in [3.63, 3.8) is 0 Å². The predicted molar refractivity (Wildman–Crippen MR) is 74.2 cm³/mol. The van der Waals surface area contributed by atoms with Crippen LogP contribution in [0.25, 0.3) is 0 Å². The minimum atomic E-state index is 0.636. The maximum Gasteiger partial charge on any atom is 0.0410 e. The number of hydrogen-bond donors (Lipinski definition) is 1. The van der Waals surface area contributed by atoms with Gasteiger partial charge >= 0.3 is 0 Å². The molecule has 2 rings (SSSR count). The van der Waals surface area contributed by atoms with Crippen molar-refractivity contribution in [2.45, 2.75) is 51.7 Å². The van der Waals surface area contributed by atoms with Gasteiger partial charge in [-0.3, -0.25) is 4.90 Å². The summed E-state index contributed by atoms with van der Waals surface area (Å²) in [6.07, 6.45) is 3.90. The highest BCUT2D eigenvalue weighted by atomic mass is 35.5. The Morgan fingerprint density at radius 1 is 1.29 bits per heavy atom. The quantitative estimate of drug-likeness (QED) is 0.814. The van der Waals surface area contributed by atoms with Crippen LogP contribution >= 0.6 is 11.6 Å². The van der Waals surface area contributed by atoms with Gasteiger partial charge in [-0.15, -0.1) is 0 Å². The summed E-state index contributed by atoms with van der Waals surface area (Å²) >= 11 is 6.03. The molecule has 1 fully saturated rings. The second kappa shape index (κ2) is 5.28. The Balaban J connectivity index is 2.16. The Morgan fingerprint density at radius 3 is 2.59 bits per heavy atom. The van der Waals surface area contributed by atoms with Crippen molar-refractivity contribution in [2.75, 3.05) is 5.73 Å². The largest absolute Gasteiger partial charge is 0.398 e. The Kier molecular flexibility index (Phi) is 3.95. The van der Waals surface area contributed by atoms with Gasteiger partial charge in [-0.25, -0.2) is 0 Å². The molecular formula is C14H21ClN2. The monoisotopic (exact) mass is 252 g/mol. The molecule has 0 spiro atoms. The van der Waals surface area contributed by atoms with Crippen LogP contribution in [0.15, 0.2) is 18.2 Å². The maximum atomic E-state index is 6.03. The fourth-order valence-corrected chi connectivity index (χ4v) is 2.89. The Labute approximate surface area is 109 Å². The summed E-state index contributed by atoms with van der Waals surface area (Å²) in [5.74, 6) is 0. The van der Waals surface area contributed by atoms with Crippen LogP contribution in [0.2, 0.25) is 5.02 Å².